The highest BCUT2D eigenvalue weighted by Gasteiger charge is 2.36. The van der Waals surface area contributed by atoms with Crippen LogP contribution in [0.5, 0.6) is 11.5 Å². The Labute approximate surface area is 181 Å². The van der Waals surface area contributed by atoms with Gasteiger partial charge in [0, 0.05) is 28.6 Å². The van der Waals surface area contributed by atoms with E-state index in [1.165, 1.54) is 25.6 Å². The van der Waals surface area contributed by atoms with Crippen molar-refractivity contribution in [2.75, 3.05) is 19.5 Å². The molecule has 8 heteroatoms. The normalized spacial score (nSPS) is 15.3. The number of carbonyl (C=O) groups excluding carboxylic acids is 2. The largest absolute Gasteiger partial charge is 0.497 e. The highest BCUT2D eigenvalue weighted by molar-refractivity contribution is 7.16. The molecule has 162 valence electrons. The van der Waals surface area contributed by atoms with Crippen LogP contribution in [-0.4, -0.2) is 48.0 Å². The van der Waals surface area contributed by atoms with E-state index in [-0.39, 0.29) is 29.8 Å². The van der Waals surface area contributed by atoms with Crippen molar-refractivity contribution >= 4 is 28.3 Å². The molecule has 1 heterocycles. The van der Waals surface area contributed by atoms with Crippen LogP contribution in [0, 0.1) is 0 Å². The molecule has 3 rings (SSSR count). The number of fused-ring (bicyclic) bond motifs is 1. The minimum absolute atomic E-state index is 0.111. The number of nitrogens with one attached hydrogen (secondary N) is 1. The maximum Gasteiger partial charge on any atom is 0.257 e. The van der Waals surface area contributed by atoms with Crippen LogP contribution in [0.25, 0.3) is 0 Å². The second-order valence-electron chi connectivity index (χ2n) is 7.91. The van der Waals surface area contributed by atoms with E-state index in [0.29, 0.717) is 22.2 Å². The lowest BCUT2D eigenvalue weighted by Gasteiger charge is -2.33. The van der Waals surface area contributed by atoms with Crippen LogP contribution in [0.2, 0.25) is 0 Å². The van der Waals surface area contributed by atoms with Gasteiger partial charge in [0.05, 0.1) is 25.8 Å². The van der Waals surface area contributed by atoms with Gasteiger partial charge in [-0.2, -0.15) is 0 Å². The van der Waals surface area contributed by atoms with Crippen molar-refractivity contribution in [3.05, 3.63) is 34.3 Å². The molecule has 1 aliphatic rings. The van der Waals surface area contributed by atoms with E-state index in [2.05, 4.69) is 10.3 Å². The Balaban J connectivity index is 1.79. The number of aryl methyl sites for hydroxylation is 1. The van der Waals surface area contributed by atoms with Gasteiger partial charge in [-0.3, -0.25) is 14.9 Å². The highest BCUT2D eigenvalue weighted by atomic mass is 32.1. The molecule has 1 aromatic carbocycles. The number of anilines is 1. The standard InChI is InChI=1S/C22H29N3O4S/c1-12(2)25(13(3)4)21(27)17-7-8-18-19(17)23-22(30-18)24-20(26)14-9-15(28-5)11-16(10-14)29-6/h9-13,17H,7-8H2,1-6H3,(H,23,24,26). The maximum absolute atomic E-state index is 13.2. The fourth-order valence-electron chi connectivity index (χ4n) is 3.91. The first-order chi connectivity index (χ1) is 14.2. The molecule has 0 spiro atoms. The van der Waals surface area contributed by atoms with E-state index in [0.717, 1.165) is 23.4 Å². The molecule has 0 bridgehead atoms. The summed E-state index contributed by atoms with van der Waals surface area (Å²) in [6.07, 6.45) is 1.57. The van der Waals surface area contributed by atoms with E-state index in [4.69, 9.17) is 9.47 Å². The number of hydrogen-bond acceptors (Lipinski definition) is 6. The van der Waals surface area contributed by atoms with Crippen LogP contribution >= 0.6 is 11.3 Å². The van der Waals surface area contributed by atoms with Gasteiger partial charge in [-0.05, 0) is 52.7 Å². The average molecular weight is 432 g/mol. The van der Waals surface area contributed by atoms with Gasteiger partial charge in [-0.1, -0.05) is 0 Å². The molecule has 7 nitrogen and oxygen atoms in total. The summed E-state index contributed by atoms with van der Waals surface area (Å²) >= 11 is 1.44. The lowest BCUT2D eigenvalue weighted by molar-refractivity contribution is -0.136. The highest BCUT2D eigenvalue weighted by Crippen LogP contribution is 2.40. The van der Waals surface area contributed by atoms with E-state index >= 15 is 0 Å². The molecule has 0 fully saturated rings. The van der Waals surface area contributed by atoms with Crippen molar-refractivity contribution in [3.8, 4) is 11.5 Å². The van der Waals surface area contributed by atoms with Gasteiger partial charge in [0.2, 0.25) is 5.91 Å². The first kappa shape index (κ1) is 22.1. The van der Waals surface area contributed by atoms with Gasteiger partial charge in [0.15, 0.2) is 5.13 Å². The van der Waals surface area contributed by atoms with Crippen LogP contribution in [0.15, 0.2) is 18.2 Å². The number of carbonyl (C=O) groups is 2. The van der Waals surface area contributed by atoms with Gasteiger partial charge in [0.1, 0.15) is 11.5 Å². The molecular formula is C22H29N3O4S. The zero-order chi connectivity index (χ0) is 22.0. The predicted molar refractivity (Wildman–Crippen MR) is 118 cm³/mol. The average Bonchev–Trinajstić information content (AvgIpc) is 3.26. The van der Waals surface area contributed by atoms with Gasteiger partial charge in [-0.25, -0.2) is 4.98 Å². The summed E-state index contributed by atoms with van der Waals surface area (Å²) in [6, 6.07) is 5.26. The van der Waals surface area contributed by atoms with Crippen LogP contribution in [-0.2, 0) is 11.2 Å². The first-order valence-corrected chi connectivity index (χ1v) is 10.9. The maximum atomic E-state index is 13.2. The quantitative estimate of drug-likeness (QED) is 0.714. The molecule has 1 aromatic heterocycles. The third kappa shape index (κ3) is 4.43. The summed E-state index contributed by atoms with van der Waals surface area (Å²) in [5.74, 6) is 0.639. The van der Waals surface area contributed by atoms with Crippen molar-refractivity contribution in [2.45, 2.75) is 58.5 Å². The Morgan fingerprint density at radius 2 is 1.70 bits per heavy atom. The number of amides is 2. The molecule has 2 amide bonds. The molecule has 0 aliphatic heterocycles. The number of thiazole rings is 1. The summed E-state index contributed by atoms with van der Waals surface area (Å²) in [5.41, 5.74) is 1.22. The number of nitrogens with zero attached hydrogens (tertiary/aromatic N) is 2. The zero-order valence-electron chi connectivity index (χ0n) is 18.3. The number of hydrogen-bond donors (Lipinski definition) is 1. The molecule has 1 atom stereocenters. The first-order valence-electron chi connectivity index (χ1n) is 10.1. The third-order valence-corrected chi connectivity index (χ3v) is 6.26. The number of ether oxygens (including phenoxy) is 2. The van der Waals surface area contributed by atoms with E-state index in [1.54, 1.807) is 18.2 Å². The fourth-order valence-corrected chi connectivity index (χ4v) is 4.95. The zero-order valence-corrected chi connectivity index (χ0v) is 19.1. The number of benzene rings is 1. The van der Waals surface area contributed by atoms with Crippen LogP contribution in [0.4, 0.5) is 5.13 Å². The summed E-state index contributed by atoms with van der Waals surface area (Å²) in [7, 11) is 3.08. The van der Waals surface area contributed by atoms with Gasteiger partial charge in [0.25, 0.3) is 5.91 Å². The minimum Gasteiger partial charge on any atom is -0.497 e. The van der Waals surface area contributed by atoms with Crippen LogP contribution in [0.3, 0.4) is 0 Å². The molecule has 0 radical (unpaired) electrons. The smallest absolute Gasteiger partial charge is 0.257 e. The second kappa shape index (κ2) is 9.04. The monoisotopic (exact) mass is 431 g/mol. The Kier molecular flexibility index (Phi) is 6.65. The summed E-state index contributed by atoms with van der Waals surface area (Å²) < 4.78 is 10.5. The minimum atomic E-state index is -0.298. The second-order valence-corrected chi connectivity index (χ2v) is 8.99. The number of methoxy groups -OCH3 is 2. The molecule has 30 heavy (non-hydrogen) atoms. The number of rotatable bonds is 7. The summed E-state index contributed by atoms with van der Waals surface area (Å²) in [5, 5.41) is 3.36. The Bertz CT molecular complexity index is 908. The lowest BCUT2D eigenvalue weighted by atomic mass is 10.0. The van der Waals surface area contributed by atoms with Crippen LogP contribution < -0.4 is 14.8 Å². The summed E-state index contributed by atoms with van der Waals surface area (Å²) in [4.78, 5) is 33.5. The van der Waals surface area contributed by atoms with Crippen molar-refractivity contribution in [1.29, 1.82) is 0 Å². The van der Waals surface area contributed by atoms with Gasteiger partial charge < -0.3 is 14.4 Å². The van der Waals surface area contributed by atoms with Crippen molar-refractivity contribution in [2.24, 2.45) is 0 Å². The molecule has 0 saturated heterocycles. The molecule has 2 aromatic rings. The van der Waals surface area contributed by atoms with Crippen molar-refractivity contribution in [3.63, 3.8) is 0 Å². The van der Waals surface area contributed by atoms with Gasteiger partial charge >= 0.3 is 0 Å². The summed E-state index contributed by atoms with van der Waals surface area (Å²) in [6.45, 7) is 8.12. The lowest BCUT2D eigenvalue weighted by Crippen LogP contribution is -2.44. The number of aromatic nitrogens is 1. The van der Waals surface area contributed by atoms with Crippen LogP contribution in [0.1, 0.15) is 61.0 Å². The SMILES string of the molecule is COc1cc(OC)cc(C(=O)Nc2nc3c(s2)CCC3C(=O)N(C(C)C)C(C)C)c1. The van der Waals surface area contributed by atoms with Gasteiger partial charge in [-0.15, -0.1) is 11.3 Å². The molecule has 1 aliphatic carbocycles. The molecule has 1 unspecified atom stereocenters. The molecule has 1 N–H and O–H groups in total. The molecule has 0 saturated carbocycles. The van der Waals surface area contributed by atoms with E-state index in [9.17, 15) is 9.59 Å². The molecular weight excluding hydrogens is 402 g/mol. The fraction of sp³-hybridized carbons (Fsp3) is 0.500. The Morgan fingerprint density at radius 1 is 1.10 bits per heavy atom. The van der Waals surface area contributed by atoms with Crippen molar-refractivity contribution < 1.29 is 19.1 Å². The Morgan fingerprint density at radius 3 is 2.23 bits per heavy atom. The topological polar surface area (TPSA) is 80.8 Å². The third-order valence-electron chi connectivity index (χ3n) is 5.22. The Hall–Kier alpha value is -2.61. The van der Waals surface area contributed by atoms with E-state index < -0.39 is 0 Å². The predicted octanol–water partition coefficient (Wildman–Crippen LogP) is 4.09. The van der Waals surface area contributed by atoms with Crippen molar-refractivity contribution in [1.82, 2.24) is 9.88 Å². The van der Waals surface area contributed by atoms with E-state index in [1.807, 2.05) is 32.6 Å².